The molecule has 0 spiro atoms. The van der Waals surface area contributed by atoms with Crippen LogP contribution in [-0.4, -0.2) is 45.8 Å². The van der Waals surface area contributed by atoms with E-state index in [1.54, 1.807) is 0 Å². The highest BCUT2D eigenvalue weighted by Gasteiger charge is 2.09. The zero-order valence-corrected chi connectivity index (χ0v) is 12.4. The molecule has 0 aliphatic heterocycles. The molecule has 0 saturated carbocycles. The van der Waals surface area contributed by atoms with E-state index in [0.717, 1.165) is 19.6 Å². The van der Waals surface area contributed by atoms with E-state index in [0.29, 0.717) is 32.7 Å². The van der Waals surface area contributed by atoms with Crippen LogP contribution in [0.15, 0.2) is 0 Å². The van der Waals surface area contributed by atoms with Crippen LogP contribution in [-0.2, 0) is 14.3 Å². The number of ketones is 1. The summed E-state index contributed by atoms with van der Waals surface area (Å²) in [5.74, 6) is 0.279. The predicted octanol–water partition coefficient (Wildman–Crippen LogP) is 2.02. The normalized spacial score (nSPS) is 11.8. The first-order valence-corrected chi connectivity index (χ1v) is 6.77. The Morgan fingerprint density at radius 1 is 1.06 bits per heavy atom. The highest BCUT2D eigenvalue weighted by atomic mass is 16.5. The predicted molar refractivity (Wildman–Crippen MR) is 73.9 cm³/mol. The van der Waals surface area contributed by atoms with Gasteiger partial charge in [-0.25, -0.2) is 0 Å². The summed E-state index contributed by atoms with van der Waals surface area (Å²) in [6.45, 7) is 9.72. The Labute approximate surface area is 111 Å². The summed E-state index contributed by atoms with van der Waals surface area (Å²) in [6.07, 6.45) is 2.07. The molecule has 18 heavy (non-hydrogen) atoms. The van der Waals surface area contributed by atoms with Gasteiger partial charge in [-0.2, -0.15) is 0 Å². The first kappa shape index (κ1) is 17.6. The molecule has 0 amide bonds. The highest BCUT2D eigenvalue weighted by molar-refractivity contribution is 5.78. The molecule has 0 aromatic heterocycles. The van der Waals surface area contributed by atoms with Gasteiger partial charge >= 0.3 is 0 Å². The SMILES string of the molecule is CNCCCC(=O)CCOCCOCC(C)(C)C. The molecule has 0 aromatic carbocycles. The van der Waals surface area contributed by atoms with Crippen molar-refractivity contribution in [2.45, 2.75) is 40.0 Å². The van der Waals surface area contributed by atoms with Crippen molar-refractivity contribution in [3.8, 4) is 0 Å². The van der Waals surface area contributed by atoms with E-state index >= 15 is 0 Å². The Balaban J connectivity index is 3.22. The number of nitrogens with one attached hydrogen (secondary N) is 1. The van der Waals surface area contributed by atoms with Crippen LogP contribution in [0.25, 0.3) is 0 Å². The van der Waals surface area contributed by atoms with Crippen LogP contribution in [0.2, 0.25) is 0 Å². The van der Waals surface area contributed by atoms with Crippen LogP contribution in [0, 0.1) is 5.41 Å². The largest absolute Gasteiger partial charge is 0.379 e. The molecule has 0 unspecified atom stereocenters. The summed E-state index contributed by atoms with van der Waals surface area (Å²) in [4.78, 5) is 11.4. The van der Waals surface area contributed by atoms with E-state index in [-0.39, 0.29) is 11.2 Å². The van der Waals surface area contributed by atoms with Crippen molar-refractivity contribution in [3.05, 3.63) is 0 Å². The van der Waals surface area contributed by atoms with E-state index in [1.165, 1.54) is 0 Å². The summed E-state index contributed by atoms with van der Waals surface area (Å²) in [7, 11) is 1.89. The van der Waals surface area contributed by atoms with Gasteiger partial charge in [0.1, 0.15) is 5.78 Å². The smallest absolute Gasteiger partial charge is 0.135 e. The van der Waals surface area contributed by atoms with Gasteiger partial charge in [0.2, 0.25) is 0 Å². The van der Waals surface area contributed by atoms with E-state index in [1.807, 2.05) is 7.05 Å². The maximum absolute atomic E-state index is 11.4. The zero-order chi connectivity index (χ0) is 13.9. The number of rotatable bonds is 11. The second kappa shape index (κ2) is 10.5. The Kier molecular flexibility index (Phi) is 10.2. The van der Waals surface area contributed by atoms with Crippen LogP contribution >= 0.6 is 0 Å². The number of ether oxygens (including phenoxy) is 2. The molecule has 0 aromatic rings. The van der Waals surface area contributed by atoms with Gasteiger partial charge in [0.15, 0.2) is 0 Å². The van der Waals surface area contributed by atoms with Crippen molar-refractivity contribution < 1.29 is 14.3 Å². The third-order valence-electron chi connectivity index (χ3n) is 2.31. The van der Waals surface area contributed by atoms with Crippen LogP contribution in [0.4, 0.5) is 0 Å². The molecule has 0 bridgehead atoms. The van der Waals surface area contributed by atoms with Crippen molar-refractivity contribution in [2.24, 2.45) is 5.41 Å². The molecule has 0 atom stereocenters. The molecule has 4 heteroatoms. The molecule has 0 aliphatic carbocycles. The minimum absolute atomic E-state index is 0.198. The Morgan fingerprint density at radius 2 is 1.72 bits per heavy atom. The van der Waals surface area contributed by atoms with Crippen LogP contribution in [0.5, 0.6) is 0 Å². The fourth-order valence-electron chi connectivity index (χ4n) is 1.37. The number of hydrogen-bond donors (Lipinski definition) is 1. The molecule has 4 nitrogen and oxygen atoms in total. The first-order chi connectivity index (χ1) is 8.45. The Bertz CT molecular complexity index is 212. The number of hydrogen-bond acceptors (Lipinski definition) is 4. The van der Waals surface area contributed by atoms with Crippen molar-refractivity contribution in [1.29, 1.82) is 0 Å². The quantitative estimate of drug-likeness (QED) is 0.577. The molecule has 0 aliphatic rings. The fourth-order valence-corrected chi connectivity index (χ4v) is 1.37. The molecule has 0 heterocycles. The first-order valence-electron chi connectivity index (χ1n) is 6.77. The lowest BCUT2D eigenvalue weighted by atomic mass is 9.99. The van der Waals surface area contributed by atoms with Gasteiger partial charge < -0.3 is 14.8 Å². The van der Waals surface area contributed by atoms with Gasteiger partial charge in [-0.3, -0.25) is 4.79 Å². The van der Waals surface area contributed by atoms with Gasteiger partial charge in [-0.05, 0) is 25.4 Å². The lowest BCUT2D eigenvalue weighted by Gasteiger charge is -2.17. The second-order valence-corrected chi connectivity index (χ2v) is 5.72. The molecular formula is C14H29NO3. The monoisotopic (exact) mass is 259 g/mol. The molecule has 108 valence electrons. The number of Topliss-reactive ketones (excluding diaryl/α,β-unsaturated/α-hetero) is 1. The molecule has 0 radical (unpaired) electrons. The van der Waals surface area contributed by atoms with E-state index < -0.39 is 0 Å². The van der Waals surface area contributed by atoms with Gasteiger partial charge in [0, 0.05) is 12.8 Å². The second-order valence-electron chi connectivity index (χ2n) is 5.72. The van der Waals surface area contributed by atoms with Crippen LogP contribution < -0.4 is 5.32 Å². The Hall–Kier alpha value is -0.450. The maximum Gasteiger partial charge on any atom is 0.135 e. The highest BCUT2D eigenvalue weighted by Crippen LogP contribution is 2.12. The minimum atomic E-state index is 0.198. The summed E-state index contributed by atoms with van der Waals surface area (Å²) in [5.41, 5.74) is 0.198. The fraction of sp³-hybridized carbons (Fsp3) is 0.929. The molecule has 0 saturated heterocycles. The topological polar surface area (TPSA) is 47.6 Å². The van der Waals surface area contributed by atoms with Crippen LogP contribution in [0.3, 0.4) is 0 Å². The Morgan fingerprint density at radius 3 is 2.33 bits per heavy atom. The van der Waals surface area contributed by atoms with Gasteiger partial charge in [0.25, 0.3) is 0 Å². The van der Waals surface area contributed by atoms with E-state index in [9.17, 15) is 4.79 Å². The molecular weight excluding hydrogens is 230 g/mol. The summed E-state index contributed by atoms with van der Waals surface area (Å²) < 4.78 is 10.8. The molecule has 0 fully saturated rings. The number of carbonyl (C=O) groups is 1. The average Bonchev–Trinajstić information content (AvgIpc) is 2.26. The third-order valence-corrected chi connectivity index (χ3v) is 2.31. The summed E-state index contributed by atoms with van der Waals surface area (Å²) in [5, 5.41) is 3.03. The summed E-state index contributed by atoms with van der Waals surface area (Å²) in [6, 6.07) is 0. The lowest BCUT2D eigenvalue weighted by molar-refractivity contribution is -0.120. The minimum Gasteiger partial charge on any atom is -0.379 e. The lowest BCUT2D eigenvalue weighted by Crippen LogP contribution is -2.17. The van der Waals surface area contributed by atoms with Crippen molar-refractivity contribution in [1.82, 2.24) is 5.32 Å². The van der Waals surface area contributed by atoms with E-state index in [2.05, 4.69) is 26.1 Å². The van der Waals surface area contributed by atoms with Gasteiger partial charge in [-0.15, -0.1) is 0 Å². The molecule has 0 rings (SSSR count). The average molecular weight is 259 g/mol. The van der Waals surface area contributed by atoms with Crippen molar-refractivity contribution in [2.75, 3.05) is 40.0 Å². The van der Waals surface area contributed by atoms with Gasteiger partial charge in [0.05, 0.1) is 26.4 Å². The van der Waals surface area contributed by atoms with E-state index in [4.69, 9.17) is 9.47 Å². The van der Waals surface area contributed by atoms with Crippen LogP contribution in [0.1, 0.15) is 40.0 Å². The maximum atomic E-state index is 11.4. The van der Waals surface area contributed by atoms with Crippen molar-refractivity contribution in [3.63, 3.8) is 0 Å². The summed E-state index contributed by atoms with van der Waals surface area (Å²) >= 11 is 0. The third kappa shape index (κ3) is 13.6. The standard InChI is InChI=1S/C14H29NO3/c1-14(2,3)12-18-11-10-17-9-7-13(16)6-5-8-15-4/h15H,5-12H2,1-4H3. The zero-order valence-electron chi connectivity index (χ0n) is 12.4. The van der Waals surface area contributed by atoms with Crippen molar-refractivity contribution >= 4 is 5.78 Å². The molecule has 1 N–H and O–H groups in total. The van der Waals surface area contributed by atoms with Gasteiger partial charge in [-0.1, -0.05) is 20.8 Å². The number of carbonyl (C=O) groups excluding carboxylic acids is 1.